The first kappa shape index (κ1) is 21.0. The molecule has 1 aliphatic heterocycles. The normalized spacial score (nSPS) is 15.1. The Balaban J connectivity index is 1.49. The minimum absolute atomic E-state index is 0.0149. The van der Waals surface area contributed by atoms with E-state index in [0.29, 0.717) is 17.2 Å². The summed E-state index contributed by atoms with van der Waals surface area (Å²) in [6, 6.07) is 11.1. The van der Waals surface area contributed by atoms with Crippen LogP contribution in [0.5, 0.6) is 0 Å². The lowest BCUT2D eigenvalue weighted by Gasteiger charge is -2.34. The molecule has 0 saturated carbocycles. The molecule has 8 nitrogen and oxygen atoms in total. The van der Waals surface area contributed by atoms with Crippen LogP contribution in [0.4, 0.5) is 4.39 Å². The van der Waals surface area contributed by atoms with Gasteiger partial charge in [0.25, 0.3) is 5.91 Å². The van der Waals surface area contributed by atoms with E-state index in [2.05, 4.69) is 15.0 Å². The first-order valence-corrected chi connectivity index (χ1v) is 11.1. The van der Waals surface area contributed by atoms with Crippen molar-refractivity contribution >= 4 is 15.9 Å². The molecule has 0 spiro atoms. The summed E-state index contributed by atoms with van der Waals surface area (Å²) in [7, 11) is -3.84. The van der Waals surface area contributed by atoms with Crippen molar-refractivity contribution in [3.05, 3.63) is 71.9 Å². The summed E-state index contributed by atoms with van der Waals surface area (Å²) in [5.41, 5.74) is 0.850. The van der Waals surface area contributed by atoms with Crippen molar-refractivity contribution < 1.29 is 17.6 Å². The minimum atomic E-state index is -3.84. The molecule has 0 unspecified atom stereocenters. The number of carbonyl (C=O) groups is 1. The highest BCUT2D eigenvalue weighted by Crippen LogP contribution is 2.22. The predicted molar refractivity (Wildman–Crippen MR) is 111 cm³/mol. The van der Waals surface area contributed by atoms with Gasteiger partial charge in [-0.3, -0.25) is 9.78 Å². The van der Waals surface area contributed by atoms with E-state index in [1.165, 1.54) is 33.6 Å². The molecule has 31 heavy (non-hydrogen) atoms. The number of halogens is 1. The highest BCUT2D eigenvalue weighted by molar-refractivity contribution is 7.89. The maximum Gasteiger partial charge on any atom is 0.256 e. The Morgan fingerprint density at radius 2 is 1.71 bits per heavy atom. The molecule has 0 atom stereocenters. The highest BCUT2D eigenvalue weighted by Gasteiger charge is 2.32. The molecule has 0 aliphatic carbocycles. The summed E-state index contributed by atoms with van der Waals surface area (Å²) < 4.78 is 41.5. The third kappa shape index (κ3) is 4.17. The van der Waals surface area contributed by atoms with Gasteiger partial charge in [0.2, 0.25) is 10.0 Å². The first-order valence-electron chi connectivity index (χ1n) is 9.67. The fraction of sp³-hybridized carbons (Fsp3) is 0.238. The minimum Gasteiger partial charge on any atom is -0.336 e. The number of hydrogen-bond donors (Lipinski definition) is 0. The Morgan fingerprint density at radius 3 is 2.35 bits per heavy atom. The summed E-state index contributed by atoms with van der Waals surface area (Å²) in [4.78, 5) is 26.7. The van der Waals surface area contributed by atoms with Gasteiger partial charge in [0.15, 0.2) is 5.82 Å². The number of amides is 1. The van der Waals surface area contributed by atoms with Crippen LogP contribution in [-0.2, 0) is 10.0 Å². The van der Waals surface area contributed by atoms with E-state index in [-0.39, 0.29) is 36.6 Å². The second kappa shape index (κ2) is 8.48. The van der Waals surface area contributed by atoms with Crippen molar-refractivity contribution in [3.63, 3.8) is 0 Å². The third-order valence-electron chi connectivity index (χ3n) is 5.08. The number of sulfonamides is 1. The van der Waals surface area contributed by atoms with Crippen LogP contribution in [0.2, 0.25) is 0 Å². The number of carbonyl (C=O) groups excluding carboxylic acids is 1. The number of benzene rings is 1. The monoisotopic (exact) mass is 441 g/mol. The molecule has 10 heteroatoms. The number of nitrogens with zero attached hydrogens (tertiary/aromatic N) is 5. The van der Waals surface area contributed by atoms with Crippen LogP contribution < -0.4 is 0 Å². The lowest BCUT2D eigenvalue weighted by molar-refractivity contribution is 0.0693. The molecule has 4 rings (SSSR count). The SMILES string of the molecule is Cc1nc(-c2ccccn2)ncc1S(=O)(=O)N1CCN(C(=O)c2ccccc2F)CC1. The number of aromatic nitrogens is 3. The van der Waals surface area contributed by atoms with Crippen LogP contribution in [0, 0.1) is 12.7 Å². The third-order valence-corrected chi connectivity index (χ3v) is 7.08. The van der Waals surface area contributed by atoms with E-state index in [0.717, 1.165) is 0 Å². The van der Waals surface area contributed by atoms with Gasteiger partial charge in [-0.1, -0.05) is 18.2 Å². The van der Waals surface area contributed by atoms with Gasteiger partial charge in [0.05, 0.1) is 17.5 Å². The fourth-order valence-corrected chi connectivity index (χ4v) is 4.93. The number of hydrogen-bond acceptors (Lipinski definition) is 6. The largest absolute Gasteiger partial charge is 0.336 e. The van der Waals surface area contributed by atoms with Crippen molar-refractivity contribution in [1.82, 2.24) is 24.2 Å². The maximum atomic E-state index is 13.9. The topological polar surface area (TPSA) is 96.4 Å². The van der Waals surface area contributed by atoms with Crippen LogP contribution in [0.15, 0.2) is 59.8 Å². The van der Waals surface area contributed by atoms with Crippen molar-refractivity contribution in [1.29, 1.82) is 0 Å². The van der Waals surface area contributed by atoms with E-state index in [9.17, 15) is 17.6 Å². The zero-order chi connectivity index (χ0) is 22.0. The zero-order valence-electron chi connectivity index (χ0n) is 16.8. The van der Waals surface area contributed by atoms with Crippen LogP contribution in [-0.4, -0.2) is 64.7 Å². The van der Waals surface area contributed by atoms with Crippen molar-refractivity contribution in [2.75, 3.05) is 26.2 Å². The zero-order valence-corrected chi connectivity index (χ0v) is 17.6. The summed E-state index contributed by atoms with van der Waals surface area (Å²) in [5.74, 6) is -0.699. The number of piperazine rings is 1. The lowest BCUT2D eigenvalue weighted by atomic mass is 10.1. The second-order valence-corrected chi connectivity index (χ2v) is 8.94. The summed E-state index contributed by atoms with van der Waals surface area (Å²) in [6.45, 7) is 2.14. The molecule has 2 aromatic heterocycles. The van der Waals surface area contributed by atoms with Crippen LogP contribution in [0.1, 0.15) is 16.1 Å². The Hall–Kier alpha value is -3.24. The van der Waals surface area contributed by atoms with Gasteiger partial charge in [-0.2, -0.15) is 4.31 Å². The number of aryl methyl sites for hydroxylation is 1. The van der Waals surface area contributed by atoms with Gasteiger partial charge in [-0.15, -0.1) is 0 Å². The Kier molecular flexibility index (Phi) is 5.75. The second-order valence-electron chi connectivity index (χ2n) is 7.03. The van der Waals surface area contributed by atoms with Crippen molar-refractivity contribution in [3.8, 4) is 11.5 Å². The standard InChI is InChI=1S/C21H20FN5O3S/c1-15-19(14-24-20(25-15)18-8-4-5-9-23-18)31(29,30)27-12-10-26(11-13-27)21(28)16-6-2-3-7-17(16)22/h2-9,14H,10-13H2,1H3. The average molecular weight is 441 g/mol. The average Bonchev–Trinajstić information content (AvgIpc) is 2.79. The lowest BCUT2D eigenvalue weighted by Crippen LogP contribution is -2.50. The first-order chi connectivity index (χ1) is 14.9. The maximum absolute atomic E-state index is 13.9. The molecule has 1 saturated heterocycles. The predicted octanol–water partition coefficient (Wildman–Crippen LogP) is 2.13. The molecular weight excluding hydrogens is 421 g/mol. The fourth-order valence-electron chi connectivity index (χ4n) is 3.40. The molecule has 0 radical (unpaired) electrons. The van der Waals surface area contributed by atoms with Gasteiger partial charge in [-0.05, 0) is 31.2 Å². The van der Waals surface area contributed by atoms with Gasteiger partial charge in [-0.25, -0.2) is 22.8 Å². The van der Waals surface area contributed by atoms with Gasteiger partial charge in [0, 0.05) is 32.4 Å². The van der Waals surface area contributed by atoms with Gasteiger partial charge >= 0.3 is 0 Å². The van der Waals surface area contributed by atoms with Crippen molar-refractivity contribution in [2.24, 2.45) is 0 Å². The molecule has 1 aromatic carbocycles. The Labute approximate surface area is 179 Å². The van der Waals surface area contributed by atoms with Gasteiger partial charge < -0.3 is 4.90 Å². The van der Waals surface area contributed by atoms with Crippen LogP contribution >= 0.6 is 0 Å². The van der Waals surface area contributed by atoms with E-state index in [4.69, 9.17) is 0 Å². The van der Waals surface area contributed by atoms with Crippen molar-refractivity contribution in [2.45, 2.75) is 11.8 Å². The molecule has 1 amide bonds. The van der Waals surface area contributed by atoms with E-state index >= 15 is 0 Å². The number of rotatable bonds is 4. The summed E-state index contributed by atoms with van der Waals surface area (Å²) in [5, 5.41) is 0. The molecule has 1 fully saturated rings. The Bertz CT molecular complexity index is 1210. The Morgan fingerprint density at radius 1 is 1.00 bits per heavy atom. The molecule has 3 aromatic rings. The van der Waals surface area contributed by atoms with Crippen LogP contribution in [0.3, 0.4) is 0 Å². The van der Waals surface area contributed by atoms with E-state index < -0.39 is 21.7 Å². The summed E-state index contributed by atoms with van der Waals surface area (Å²) in [6.07, 6.45) is 2.90. The molecule has 1 aliphatic rings. The molecule has 160 valence electrons. The van der Waals surface area contributed by atoms with E-state index in [1.54, 1.807) is 37.4 Å². The van der Waals surface area contributed by atoms with Gasteiger partial charge in [0.1, 0.15) is 16.4 Å². The molecule has 0 bridgehead atoms. The highest BCUT2D eigenvalue weighted by atomic mass is 32.2. The smallest absolute Gasteiger partial charge is 0.256 e. The quantitative estimate of drug-likeness (QED) is 0.616. The molecule has 3 heterocycles. The van der Waals surface area contributed by atoms with Crippen LogP contribution in [0.25, 0.3) is 11.5 Å². The number of pyridine rings is 1. The molecule has 0 N–H and O–H groups in total. The van der Waals surface area contributed by atoms with E-state index in [1.807, 2.05) is 0 Å². The molecular formula is C21H20FN5O3S. The summed E-state index contributed by atoms with van der Waals surface area (Å²) >= 11 is 0.